The molecule has 25 heavy (non-hydrogen) atoms. The molecule has 0 spiro atoms. The average molecular weight is 398 g/mol. The number of esters is 1. The molecule has 0 aromatic heterocycles. The highest BCUT2D eigenvalue weighted by Crippen LogP contribution is 2.42. The Kier molecular flexibility index (Phi) is 5.23. The SMILES string of the molecule is COC(=O)C1=NN(c2ccc(Cl)cc2Cl)[C@@H](c2ccc(Cl)cc2)[C@@H]1C. The number of anilines is 1. The van der Waals surface area contributed by atoms with Gasteiger partial charge in [-0.25, -0.2) is 4.79 Å². The first-order valence-electron chi connectivity index (χ1n) is 7.59. The van der Waals surface area contributed by atoms with Crippen molar-refractivity contribution >= 4 is 52.2 Å². The van der Waals surface area contributed by atoms with Crippen molar-refractivity contribution < 1.29 is 9.53 Å². The van der Waals surface area contributed by atoms with Crippen LogP contribution in [0, 0.1) is 5.92 Å². The normalized spacial score (nSPS) is 19.7. The lowest BCUT2D eigenvalue weighted by molar-refractivity contribution is -0.133. The molecule has 1 aliphatic heterocycles. The van der Waals surface area contributed by atoms with E-state index in [-0.39, 0.29) is 12.0 Å². The summed E-state index contributed by atoms with van der Waals surface area (Å²) in [5, 5.41) is 7.85. The summed E-state index contributed by atoms with van der Waals surface area (Å²) in [5.41, 5.74) is 1.97. The molecular formula is C18H15Cl3N2O2. The number of ether oxygens (including phenoxy) is 1. The van der Waals surface area contributed by atoms with Gasteiger partial charge in [0.25, 0.3) is 0 Å². The van der Waals surface area contributed by atoms with Crippen LogP contribution in [0.15, 0.2) is 47.6 Å². The zero-order valence-electron chi connectivity index (χ0n) is 13.5. The minimum Gasteiger partial charge on any atom is -0.464 e. The predicted molar refractivity (Wildman–Crippen MR) is 102 cm³/mol. The Bertz CT molecular complexity index is 837. The van der Waals surface area contributed by atoms with Crippen molar-refractivity contribution in [2.75, 3.05) is 12.1 Å². The first kappa shape index (κ1) is 18.1. The van der Waals surface area contributed by atoms with E-state index in [1.54, 1.807) is 35.3 Å². The highest BCUT2D eigenvalue weighted by atomic mass is 35.5. The molecular weight excluding hydrogens is 383 g/mol. The van der Waals surface area contributed by atoms with Crippen LogP contribution in [0.3, 0.4) is 0 Å². The van der Waals surface area contributed by atoms with Crippen LogP contribution in [0.2, 0.25) is 15.1 Å². The molecule has 0 bridgehead atoms. The number of methoxy groups -OCH3 is 1. The van der Waals surface area contributed by atoms with Crippen molar-refractivity contribution in [2.24, 2.45) is 11.0 Å². The standard InChI is InChI=1S/C18H15Cl3N2O2/c1-10-16(18(24)25-2)22-23(15-8-7-13(20)9-14(15)21)17(10)11-3-5-12(19)6-4-11/h3-10,17H,1-2H3/t10-,17-/m1/s1. The summed E-state index contributed by atoms with van der Waals surface area (Å²) < 4.78 is 4.87. The van der Waals surface area contributed by atoms with Crippen LogP contribution in [-0.4, -0.2) is 18.8 Å². The number of halogens is 3. The zero-order valence-corrected chi connectivity index (χ0v) is 15.8. The van der Waals surface area contributed by atoms with Crippen molar-refractivity contribution in [3.05, 3.63) is 63.1 Å². The Hall–Kier alpha value is -1.75. The van der Waals surface area contributed by atoms with Crippen molar-refractivity contribution in [1.29, 1.82) is 0 Å². The van der Waals surface area contributed by atoms with Crippen LogP contribution in [0.25, 0.3) is 0 Å². The fourth-order valence-corrected chi connectivity index (χ4v) is 3.54. The first-order valence-corrected chi connectivity index (χ1v) is 8.72. The molecule has 0 unspecified atom stereocenters. The number of nitrogens with zero attached hydrogens (tertiary/aromatic N) is 2. The van der Waals surface area contributed by atoms with Gasteiger partial charge in [0.05, 0.1) is 23.9 Å². The molecule has 1 aliphatic rings. The van der Waals surface area contributed by atoms with E-state index in [0.29, 0.717) is 26.5 Å². The zero-order chi connectivity index (χ0) is 18.1. The summed E-state index contributed by atoms with van der Waals surface area (Å²) in [4.78, 5) is 12.1. The van der Waals surface area contributed by atoms with Crippen LogP contribution in [0.1, 0.15) is 18.5 Å². The third-order valence-electron chi connectivity index (χ3n) is 4.15. The Morgan fingerprint density at radius 1 is 1.08 bits per heavy atom. The fraction of sp³-hybridized carbons (Fsp3) is 0.222. The number of benzene rings is 2. The van der Waals surface area contributed by atoms with Gasteiger partial charge < -0.3 is 4.74 Å². The monoisotopic (exact) mass is 396 g/mol. The molecule has 0 fully saturated rings. The van der Waals surface area contributed by atoms with Crippen LogP contribution in [0.4, 0.5) is 5.69 Å². The lowest BCUT2D eigenvalue weighted by Gasteiger charge is -2.27. The van der Waals surface area contributed by atoms with Gasteiger partial charge in [0.1, 0.15) is 0 Å². The van der Waals surface area contributed by atoms with E-state index < -0.39 is 5.97 Å². The second-order valence-corrected chi connectivity index (χ2v) is 6.98. The molecule has 0 radical (unpaired) electrons. The van der Waals surface area contributed by atoms with Gasteiger partial charge in [0.2, 0.25) is 0 Å². The van der Waals surface area contributed by atoms with Crippen LogP contribution in [-0.2, 0) is 9.53 Å². The quantitative estimate of drug-likeness (QED) is 0.654. The maximum absolute atomic E-state index is 12.1. The summed E-state index contributed by atoms with van der Waals surface area (Å²) in [7, 11) is 1.34. The van der Waals surface area contributed by atoms with E-state index in [0.717, 1.165) is 5.56 Å². The molecule has 0 saturated carbocycles. The molecule has 3 rings (SSSR count). The Morgan fingerprint density at radius 3 is 2.32 bits per heavy atom. The molecule has 0 N–H and O–H groups in total. The minimum atomic E-state index is -0.459. The summed E-state index contributed by atoms with van der Waals surface area (Å²) >= 11 is 18.4. The molecule has 7 heteroatoms. The second kappa shape index (κ2) is 7.24. The number of rotatable bonds is 3. The summed E-state index contributed by atoms with van der Waals surface area (Å²) in [5.74, 6) is -0.653. The maximum Gasteiger partial charge on any atom is 0.354 e. The Balaban J connectivity index is 2.10. The molecule has 0 saturated heterocycles. The largest absolute Gasteiger partial charge is 0.464 e. The lowest BCUT2D eigenvalue weighted by atomic mass is 9.91. The number of carbonyl (C=O) groups is 1. The van der Waals surface area contributed by atoms with Crippen LogP contribution < -0.4 is 5.01 Å². The smallest absolute Gasteiger partial charge is 0.354 e. The number of hydrazone groups is 1. The van der Waals surface area contributed by atoms with Crippen LogP contribution in [0.5, 0.6) is 0 Å². The van der Waals surface area contributed by atoms with Gasteiger partial charge in [0.15, 0.2) is 5.71 Å². The molecule has 4 nitrogen and oxygen atoms in total. The lowest BCUT2D eigenvalue weighted by Crippen LogP contribution is -2.26. The third-order valence-corrected chi connectivity index (χ3v) is 4.94. The topological polar surface area (TPSA) is 41.9 Å². The third kappa shape index (κ3) is 3.47. The molecule has 2 atom stereocenters. The van der Waals surface area contributed by atoms with Gasteiger partial charge >= 0.3 is 5.97 Å². The average Bonchev–Trinajstić information content (AvgIpc) is 2.92. The van der Waals surface area contributed by atoms with Crippen molar-refractivity contribution in [2.45, 2.75) is 13.0 Å². The van der Waals surface area contributed by atoms with Crippen LogP contribution >= 0.6 is 34.8 Å². The summed E-state index contributed by atoms with van der Waals surface area (Å²) in [6, 6.07) is 12.4. The van der Waals surface area contributed by atoms with Gasteiger partial charge in [-0.3, -0.25) is 5.01 Å². The van der Waals surface area contributed by atoms with Crippen molar-refractivity contribution in [3.63, 3.8) is 0 Å². The van der Waals surface area contributed by atoms with Crippen molar-refractivity contribution in [3.8, 4) is 0 Å². The minimum absolute atomic E-state index is 0.194. The highest BCUT2D eigenvalue weighted by molar-refractivity contribution is 6.39. The van der Waals surface area contributed by atoms with E-state index in [9.17, 15) is 4.79 Å². The number of carbonyl (C=O) groups excluding carboxylic acids is 1. The molecule has 1 heterocycles. The maximum atomic E-state index is 12.1. The predicted octanol–water partition coefficient (Wildman–Crippen LogP) is 5.37. The fourth-order valence-electron chi connectivity index (χ4n) is 2.92. The summed E-state index contributed by atoms with van der Waals surface area (Å²) in [6.07, 6.45) is 0. The number of hydrogen-bond acceptors (Lipinski definition) is 4. The molecule has 2 aromatic carbocycles. The van der Waals surface area contributed by atoms with E-state index >= 15 is 0 Å². The van der Waals surface area contributed by atoms with E-state index in [2.05, 4.69) is 5.10 Å². The van der Waals surface area contributed by atoms with Gasteiger partial charge in [-0.15, -0.1) is 0 Å². The van der Waals surface area contributed by atoms with E-state index in [1.807, 2.05) is 19.1 Å². The molecule has 0 aliphatic carbocycles. The molecule has 2 aromatic rings. The Morgan fingerprint density at radius 2 is 1.72 bits per heavy atom. The van der Waals surface area contributed by atoms with Gasteiger partial charge in [-0.1, -0.05) is 53.9 Å². The second-order valence-electron chi connectivity index (χ2n) is 5.70. The van der Waals surface area contributed by atoms with E-state index in [1.165, 1.54) is 7.11 Å². The first-order chi connectivity index (χ1) is 11.9. The van der Waals surface area contributed by atoms with E-state index in [4.69, 9.17) is 39.5 Å². The highest BCUT2D eigenvalue weighted by Gasteiger charge is 2.40. The van der Waals surface area contributed by atoms with Crippen molar-refractivity contribution in [1.82, 2.24) is 0 Å². The van der Waals surface area contributed by atoms with Gasteiger partial charge in [-0.05, 0) is 35.9 Å². The van der Waals surface area contributed by atoms with Gasteiger partial charge in [-0.2, -0.15) is 5.10 Å². The Labute approximate surface area is 160 Å². The number of hydrogen-bond donors (Lipinski definition) is 0. The summed E-state index contributed by atoms with van der Waals surface area (Å²) in [6.45, 7) is 1.93. The molecule has 0 amide bonds. The van der Waals surface area contributed by atoms with Gasteiger partial charge in [0, 0.05) is 16.0 Å². The molecule has 130 valence electrons.